The minimum Gasteiger partial charge on any atom is -0.266 e. The van der Waals surface area contributed by atoms with E-state index in [1.54, 1.807) is 6.07 Å². The highest BCUT2D eigenvalue weighted by Gasteiger charge is 2.31. The Labute approximate surface area is 160 Å². The van der Waals surface area contributed by atoms with Crippen LogP contribution in [0.3, 0.4) is 0 Å². The molecular weight excluding hydrogens is 384 g/mol. The predicted molar refractivity (Wildman–Crippen MR) is 104 cm³/mol. The van der Waals surface area contributed by atoms with Gasteiger partial charge >= 0.3 is 0 Å². The van der Waals surface area contributed by atoms with Crippen LogP contribution >= 0.6 is 0 Å². The highest BCUT2D eigenvalue weighted by Crippen LogP contribution is 2.32. The molecule has 1 aliphatic heterocycles. The Morgan fingerprint density at radius 1 is 0.852 bits per heavy atom. The van der Waals surface area contributed by atoms with Gasteiger partial charge < -0.3 is 0 Å². The number of sulfonamides is 2. The summed E-state index contributed by atoms with van der Waals surface area (Å²) in [5.74, 6) is 0. The molecule has 0 spiro atoms. The second-order valence-corrected chi connectivity index (χ2v) is 10.6. The highest BCUT2D eigenvalue weighted by atomic mass is 32.2. The summed E-state index contributed by atoms with van der Waals surface area (Å²) in [7, 11) is -7.35. The topological polar surface area (TPSA) is 83.5 Å². The van der Waals surface area contributed by atoms with Crippen LogP contribution in [-0.4, -0.2) is 29.4 Å². The van der Waals surface area contributed by atoms with Crippen molar-refractivity contribution >= 4 is 25.7 Å². The van der Waals surface area contributed by atoms with E-state index in [2.05, 4.69) is 4.72 Å². The third-order valence-corrected chi connectivity index (χ3v) is 8.61. The van der Waals surface area contributed by atoms with Crippen molar-refractivity contribution in [3.8, 4) is 0 Å². The summed E-state index contributed by atoms with van der Waals surface area (Å²) in [6, 6.07) is 12.9. The van der Waals surface area contributed by atoms with Gasteiger partial charge in [-0.05, 0) is 55.2 Å². The Balaban J connectivity index is 1.58. The average Bonchev–Trinajstić information content (AvgIpc) is 3.31. The smallest absolute Gasteiger partial charge is 0.264 e. The van der Waals surface area contributed by atoms with Crippen molar-refractivity contribution < 1.29 is 16.8 Å². The third-order valence-electron chi connectivity index (χ3n) is 5.24. The van der Waals surface area contributed by atoms with Gasteiger partial charge in [-0.2, -0.15) is 0 Å². The molecule has 1 heterocycles. The normalized spacial score (nSPS) is 18.0. The lowest BCUT2D eigenvalue weighted by Crippen LogP contribution is -2.32. The number of benzene rings is 2. The Morgan fingerprint density at radius 2 is 1.48 bits per heavy atom. The SMILES string of the molecule is O=S(=O)(NC1CCCC1)c1ccc(S(=O)(=O)N2CCc3ccccc32)cc1. The van der Waals surface area contributed by atoms with E-state index < -0.39 is 20.0 Å². The zero-order chi connectivity index (χ0) is 19.1. The van der Waals surface area contributed by atoms with Gasteiger partial charge in [0, 0.05) is 12.6 Å². The van der Waals surface area contributed by atoms with Crippen LogP contribution in [0.5, 0.6) is 0 Å². The molecule has 0 saturated heterocycles. The molecule has 1 aliphatic carbocycles. The number of para-hydroxylation sites is 1. The quantitative estimate of drug-likeness (QED) is 0.827. The van der Waals surface area contributed by atoms with Crippen molar-refractivity contribution in [1.82, 2.24) is 4.72 Å². The van der Waals surface area contributed by atoms with Gasteiger partial charge in [-0.1, -0.05) is 31.0 Å². The molecule has 0 amide bonds. The zero-order valence-electron chi connectivity index (χ0n) is 14.8. The Bertz CT molecular complexity index is 1040. The minimum absolute atomic E-state index is 0.0282. The number of nitrogens with one attached hydrogen (secondary N) is 1. The Kier molecular flexibility index (Phi) is 4.73. The van der Waals surface area contributed by atoms with Gasteiger partial charge in [0.25, 0.3) is 10.0 Å². The maximum absolute atomic E-state index is 13.0. The average molecular weight is 407 g/mol. The molecule has 6 nitrogen and oxygen atoms in total. The van der Waals surface area contributed by atoms with E-state index in [9.17, 15) is 16.8 Å². The molecule has 27 heavy (non-hydrogen) atoms. The summed E-state index contributed by atoms with van der Waals surface area (Å²) < 4.78 is 55.1. The lowest BCUT2D eigenvalue weighted by molar-refractivity contribution is 0.552. The van der Waals surface area contributed by atoms with E-state index in [-0.39, 0.29) is 15.8 Å². The molecule has 0 radical (unpaired) electrons. The lowest BCUT2D eigenvalue weighted by atomic mass is 10.2. The number of rotatable bonds is 5. The second-order valence-electron chi connectivity index (χ2n) is 7.03. The van der Waals surface area contributed by atoms with Crippen molar-refractivity contribution in [2.75, 3.05) is 10.8 Å². The summed E-state index contributed by atoms with van der Waals surface area (Å²) in [6.45, 7) is 0.394. The molecule has 1 fully saturated rings. The van der Waals surface area contributed by atoms with Crippen LogP contribution in [-0.2, 0) is 26.5 Å². The Hall–Kier alpha value is -1.90. The summed E-state index contributed by atoms with van der Waals surface area (Å²) in [4.78, 5) is 0.189. The molecular formula is C19H22N2O4S2. The first-order valence-corrected chi connectivity index (χ1v) is 12.0. The molecule has 0 unspecified atom stereocenters. The maximum Gasteiger partial charge on any atom is 0.264 e. The molecule has 2 aliphatic rings. The number of nitrogens with zero attached hydrogens (tertiary/aromatic N) is 1. The minimum atomic E-state index is -3.72. The van der Waals surface area contributed by atoms with Gasteiger partial charge in [0.05, 0.1) is 15.5 Å². The second kappa shape index (κ2) is 6.92. The molecule has 0 atom stereocenters. The van der Waals surface area contributed by atoms with Gasteiger partial charge in [-0.15, -0.1) is 0 Å². The third kappa shape index (κ3) is 3.49. The number of fused-ring (bicyclic) bond motifs is 1. The first-order valence-electron chi connectivity index (χ1n) is 9.11. The lowest BCUT2D eigenvalue weighted by Gasteiger charge is -2.20. The zero-order valence-corrected chi connectivity index (χ0v) is 16.5. The van der Waals surface area contributed by atoms with Gasteiger partial charge in [0.2, 0.25) is 10.0 Å². The molecule has 0 bridgehead atoms. The first-order chi connectivity index (χ1) is 12.9. The van der Waals surface area contributed by atoms with E-state index in [4.69, 9.17) is 0 Å². The molecule has 1 N–H and O–H groups in total. The van der Waals surface area contributed by atoms with Crippen LogP contribution in [0.15, 0.2) is 58.3 Å². The van der Waals surface area contributed by atoms with Crippen LogP contribution in [0.25, 0.3) is 0 Å². The van der Waals surface area contributed by atoms with E-state index >= 15 is 0 Å². The van der Waals surface area contributed by atoms with Gasteiger partial charge in [0.1, 0.15) is 0 Å². The van der Waals surface area contributed by atoms with E-state index in [1.807, 2.05) is 18.2 Å². The highest BCUT2D eigenvalue weighted by molar-refractivity contribution is 7.93. The molecule has 8 heteroatoms. The van der Waals surface area contributed by atoms with E-state index in [0.29, 0.717) is 18.7 Å². The van der Waals surface area contributed by atoms with Crippen molar-refractivity contribution in [1.29, 1.82) is 0 Å². The van der Waals surface area contributed by atoms with Crippen LogP contribution in [0.4, 0.5) is 5.69 Å². The summed E-state index contributed by atoms with van der Waals surface area (Å²) >= 11 is 0. The van der Waals surface area contributed by atoms with Gasteiger partial charge in [-0.3, -0.25) is 4.31 Å². The predicted octanol–water partition coefficient (Wildman–Crippen LogP) is 2.66. The van der Waals surface area contributed by atoms with E-state index in [0.717, 1.165) is 31.2 Å². The fourth-order valence-corrected chi connectivity index (χ4v) is 6.61. The van der Waals surface area contributed by atoms with Crippen molar-refractivity contribution in [3.05, 3.63) is 54.1 Å². The van der Waals surface area contributed by atoms with Crippen LogP contribution in [0.1, 0.15) is 31.2 Å². The first kappa shape index (κ1) is 18.5. The molecule has 0 aromatic heterocycles. The summed E-state index contributed by atoms with van der Waals surface area (Å²) in [5.41, 5.74) is 1.69. The van der Waals surface area contributed by atoms with Gasteiger partial charge in [-0.25, -0.2) is 21.6 Å². The summed E-state index contributed by atoms with van der Waals surface area (Å²) in [6.07, 6.45) is 4.43. The maximum atomic E-state index is 13.0. The molecule has 4 rings (SSSR count). The summed E-state index contributed by atoms with van der Waals surface area (Å²) in [5, 5.41) is 0. The van der Waals surface area contributed by atoms with Crippen molar-refractivity contribution in [2.24, 2.45) is 0 Å². The van der Waals surface area contributed by atoms with Crippen molar-refractivity contribution in [2.45, 2.75) is 47.9 Å². The number of anilines is 1. The fourth-order valence-electron chi connectivity index (χ4n) is 3.81. The monoisotopic (exact) mass is 406 g/mol. The molecule has 1 saturated carbocycles. The number of hydrogen-bond donors (Lipinski definition) is 1. The van der Waals surface area contributed by atoms with Crippen LogP contribution in [0, 0.1) is 0 Å². The van der Waals surface area contributed by atoms with Crippen LogP contribution < -0.4 is 9.03 Å². The van der Waals surface area contributed by atoms with Gasteiger partial charge in [0.15, 0.2) is 0 Å². The van der Waals surface area contributed by atoms with Crippen LogP contribution in [0.2, 0.25) is 0 Å². The molecule has 2 aromatic rings. The van der Waals surface area contributed by atoms with E-state index in [1.165, 1.54) is 28.6 Å². The Morgan fingerprint density at radius 3 is 2.19 bits per heavy atom. The number of hydrogen-bond acceptors (Lipinski definition) is 4. The molecule has 2 aromatic carbocycles. The largest absolute Gasteiger partial charge is 0.266 e. The van der Waals surface area contributed by atoms with Crippen molar-refractivity contribution in [3.63, 3.8) is 0 Å². The molecule has 144 valence electrons. The standard InChI is InChI=1S/C19H22N2O4S2/c22-26(23,20-16-6-2-3-7-16)17-9-11-18(12-10-17)27(24,25)21-14-13-15-5-1-4-8-19(15)21/h1,4-5,8-12,16,20H,2-3,6-7,13-14H2. The fraction of sp³-hybridized carbons (Fsp3) is 0.368.